The molecule has 1 aliphatic heterocycles. The number of nitrogens with zero attached hydrogens (tertiary/aromatic N) is 3. The summed E-state index contributed by atoms with van der Waals surface area (Å²) in [4.78, 5) is 11.0. The molecule has 0 radical (unpaired) electrons. The van der Waals surface area contributed by atoms with E-state index in [1.807, 2.05) is 11.0 Å². The van der Waals surface area contributed by atoms with Crippen LogP contribution in [0.15, 0.2) is 12.3 Å². The molecule has 10 heteroatoms. The van der Waals surface area contributed by atoms with Crippen molar-refractivity contribution in [1.82, 2.24) is 9.97 Å². The van der Waals surface area contributed by atoms with Gasteiger partial charge in [0.2, 0.25) is 5.95 Å². The minimum Gasteiger partial charge on any atom is -0.411 e. The fourth-order valence-electron chi connectivity index (χ4n) is 2.98. The number of aliphatic hydroxyl groups is 2. The summed E-state index contributed by atoms with van der Waals surface area (Å²) in [5.41, 5.74) is -0.545. The van der Waals surface area contributed by atoms with Gasteiger partial charge < -0.3 is 29.0 Å². The average molecular weight is 474 g/mol. The molecule has 0 bridgehead atoms. The van der Waals surface area contributed by atoms with Crippen molar-refractivity contribution >= 4 is 14.3 Å². The van der Waals surface area contributed by atoms with Crippen LogP contribution < -0.4 is 4.90 Å². The highest BCUT2D eigenvalue weighted by molar-refractivity contribution is 6.74. The predicted octanol–water partition coefficient (Wildman–Crippen LogP) is 2.69. The number of hydrogen-bond acceptors (Lipinski definition) is 8. The molecule has 0 aliphatic carbocycles. The van der Waals surface area contributed by atoms with Gasteiger partial charge in [0, 0.05) is 32.1 Å². The lowest BCUT2D eigenvalue weighted by molar-refractivity contribution is -0.0409. The first-order chi connectivity index (χ1) is 15.0. The molecular weight excluding hydrogens is 433 g/mol. The molecule has 1 atom stereocenters. The standard InChI is InChI=1S/C22H40FN3O5Si/c1-21(2,3)32(4,5)31-15-18-6-9-24-20(25-18)26-10-7-22(23,8-11-26)17-30-13-12-29-16-19(28)14-27/h6,9,19,27-28H,7-8,10-17H2,1-5H3. The van der Waals surface area contributed by atoms with Crippen molar-refractivity contribution in [3.8, 4) is 0 Å². The minimum atomic E-state index is -1.86. The lowest BCUT2D eigenvalue weighted by atomic mass is 9.94. The first-order valence-electron chi connectivity index (χ1n) is 11.3. The van der Waals surface area contributed by atoms with Crippen molar-refractivity contribution < 1.29 is 28.5 Å². The van der Waals surface area contributed by atoms with Gasteiger partial charge in [0.25, 0.3) is 0 Å². The Hall–Kier alpha value is -1.17. The third kappa shape index (κ3) is 8.31. The van der Waals surface area contributed by atoms with Crippen molar-refractivity contribution in [3.05, 3.63) is 18.0 Å². The Balaban J connectivity index is 1.77. The predicted molar refractivity (Wildman–Crippen MR) is 124 cm³/mol. The molecule has 32 heavy (non-hydrogen) atoms. The van der Waals surface area contributed by atoms with E-state index in [2.05, 4.69) is 43.8 Å². The first-order valence-corrected chi connectivity index (χ1v) is 14.2. The number of alkyl halides is 1. The number of anilines is 1. The van der Waals surface area contributed by atoms with Gasteiger partial charge in [0.1, 0.15) is 11.8 Å². The second-order valence-electron chi connectivity index (χ2n) is 10.00. The van der Waals surface area contributed by atoms with Gasteiger partial charge in [0.05, 0.1) is 45.3 Å². The number of ether oxygens (including phenoxy) is 2. The van der Waals surface area contributed by atoms with Gasteiger partial charge in [-0.1, -0.05) is 20.8 Å². The topological polar surface area (TPSA) is 97.2 Å². The van der Waals surface area contributed by atoms with Gasteiger partial charge in [-0.25, -0.2) is 14.4 Å². The maximum atomic E-state index is 15.1. The van der Waals surface area contributed by atoms with Crippen LogP contribution >= 0.6 is 0 Å². The maximum Gasteiger partial charge on any atom is 0.225 e. The molecule has 1 aromatic heterocycles. The molecule has 2 rings (SSSR count). The fraction of sp³-hybridized carbons (Fsp3) is 0.818. The fourth-order valence-corrected chi connectivity index (χ4v) is 3.93. The van der Waals surface area contributed by atoms with Gasteiger partial charge >= 0.3 is 0 Å². The highest BCUT2D eigenvalue weighted by atomic mass is 28.4. The summed E-state index contributed by atoms with van der Waals surface area (Å²) in [5.74, 6) is 0.611. The summed E-state index contributed by atoms with van der Waals surface area (Å²) >= 11 is 0. The quantitative estimate of drug-likeness (QED) is 0.353. The van der Waals surface area contributed by atoms with Crippen LogP contribution in [0, 0.1) is 0 Å². The summed E-state index contributed by atoms with van der Waals surface area (Å²) in [6.45, 7) is 12.7. The van der Waals surface area contributed by atoms with Gasteiger partial charge in [-0.05, 0) is 24.2 Å². The molecule has 0 amide bonds. The summed E-state index contributed by atoms with van der Waals surface area (Å²) < 4.78 is 31.9. The van der Waals surface area contributed by atoms with Crippen LogP contribution in [0.1, 0.15) is 39.3 Å². The van der Waals surface area contributed by atoms with Crippen LogP contribution in [0.25, 0.3) is 0 Å². The SMILES string of the molecule is CC(C)(C)[Si](C)(C)OCc1ccnc(N2CCC(F)(COCCOCC(O)CO)CC2)n1. The van der Waals surface area contributed by atoms with E-state index in [-0.39, 0.29) is 38.1 Å². The van der Waals surface area contributed by atoms with E-state index in [9.17, 15) is 5.11 Å². The van der Waals surface area contributed by atoms with E-state index >= 15 is 4.39 Å². The van der Waals surface area contributed by atoms with Crippen LogP contribution in [0.4, 0.5) is 10.3 Å². The summed E-state index contributed by atoms with van der Waals surface area (Å²) in [5, 5.41) is 18.1. The normalized spacial score (nSPS) is 18.1. The Morgan fingerprint density at radius 1 is 1.22 bits per heavy atom. The Bertz CT molecular complexity index is 696. The highest BCUT2D eigenvalue weighted by Crippen LogP contribution is 2.37. The summed E-state index contributed by atoms with van der Waals surface area (Å²) in [6, 6.07) is 1.87. The average Bonchev–Trinajstić information content (AvgIpc) is 2.74. The minimum absolute atomic E-state index is 0.00794. The summed E-state index contributed by atoms with van der Waals surface area (Å²) in [7, 11) is -1.86. The molecule has 2 N–H and O–H groups in total. The van der Waals surface area contributed by atoms with Crippen LogP contribution in [0.3, 0.4) is 0 Å². The third-order valence-corrected chi connectivity index (χ3v) is 10.8. The Morgan fingerprint density at radius 3 is 2.50 bits per heavy atom. The molecular formula is C22H40FN3O5Si. The lowest BCUT2D eigenvalue weighted by Gasteiger charge is -2.37. The Kier molecular flexibility index (Phi) is 9.99. The second kappa shape index (κ2) is 11.8. The zero-order chi connectivity index (χ0) is 23.8. The van der Waals surface area contributed by atoms with Crippen LogP contribution in [-0.2, 0) is 20.5 Å². The number of aromatic nitrogens is 2. The smallest absolute Gasteiger partial charge is 0.225 e. The molecule has 8 nitrogen and oxygen atoms in total. The number of rotatable bonds is 12. The van der Waals surface area contributed by atoms with Crippen molar-refractivity contribution in [3.63, 3.8) is 0 Å². The van der Waals surface area contributed by atoms with E-state index in [0.717, 1.165) is 5.69 Å². The van der Waals surface area contributed by atoms with E-state index < -0.39 is 20.1 Å². The zero-order valence-corrected chi connectivity index (χ0v) is 21.1. The number of halogens is 1. The van der Waals surface area contributed by atoms with Crippen molar-refractivity contribution in [2.45, 2.75) is 70.1 Å². The molecule has 1 aromatic rings. The van der Waals surface area contributed by atoms with E-state index in [1.54, 1.807) is 6.20 Å². The maximum absolute atomic E-state index is 15.1. The Labute approximate surface area is 192 Å². The van der Waals surface area contributed by atoms with Gasteiger partial charge in [-0.3, -0.25) is 0 Å². The Morgan fingerprint density at radius 2 is 1.88 bits per heavy atom. The van der Waals surface area contributed by atoms with E-state index in [0.29, 0.717) is 38.5 Å². The molecule has 0 spiro atoms. The molecule has 1 aliphatic rings. The molecule has 1 fully saturated rings. The van der Waals surface area contributed by atoms with Crippen LogP contribution in [0.5, 0.6) is 0 Å². The first kappa shape index (κ1) is 27.1. The number of aliphatic hydroxyl groups excluding tert-OH is 2. The van der Waals surface area contributed by atoms with Crippen molar-refractivity contribution in [2.75, 3.05) is 51.0 Å². The lowest BCUT2D eigenvalue weighted by Crippen LogP contribution is -2.45. The van der Waals surface area contributed by atoms with E-state index in [1.165, 1.54) is 0 Å². The van der Waals surface area contributed by atoms with Crippen molar-refractivity contribution in [1.29, 1.82) is 0 Å². The highest BCUT2D eigenvalue weighted by Gasteiger charge is 2.38. The summed E-state index contributed by atoms with van der Waals surface area (Å²) in [6.07, 6.45) is 1.52. The molecule has 0 saturated carbocycles. The van der Waals surface area contributed by atoms with E-state index in [4.69, 9.17) is 19.0 Å². The molecule has 2 heterocycles. The molecule has 1 unspecified atom stereocenters. The van der Waals surface area contributed by atoms with Gasteiger partial charge in [-0.15, -0.1) is 0 Å². The number of hydrogen-bond donors (Lipinski definition) is 2. The van der Waals surface area contributed by atoms with Crippen LogP contribution in [-0.4, -0.2) is 86.4 Å². The zero-order valence-electron chi connectivity index (χ0n) is 20.1. The second-order valence-corrected chi connectivity index (χ2v) is 14.8. The molecule has 184 valence electrons. The van der Waals surface area contributed by atoms with Gasteiger partial charge in [0.15, 0.2) is 8.32 Å². The van der Waals surface area contributed by atoms with Gasteiger partial charge in [-0.2, -0.15) is 0 Å². The molecule has 1 saturated heterocycles. The largest absolute Gasteiger partial charge is 0.411 e. The van der Waals surface area contributed by atoms with Crippen LogP contribution in [0.2, 0.25) is 18.1 Å². The molecule has 0 aromatic carbocycles. The number of piperidine rings is 1. The van der Waals surface area contributed by atoms with Crippen molar-refractivity contribution in [2.24, 2.45) is 0 Å². The third-order valence-electron chi connectivity index (χ3n) is 6.28. The monoisotopic (exact) mass is 473 g/mol.